The van der Waals surface area contributed by atoms with Gasteiger partial charge in [0.05, 0.1) is 39.1 Å². The normalized spacial score (nSPS) is 33.5. The van der Waals surface area contributed by atoms with Crippen LogP contribution in [0.4, 0.5) is 5.69 Å². The Balaban J connectivity index is 1.21. The number of anilines is 1. The molecule has 5 N–H and O–H groups in total. The second kappa shape index (κ2) is 18.4. The Morgan fingerprint density at radius 1 is 0.930 bits per heavy atom. The number of H-pyrrole nitrogens is 1. The number of carbonyl (C=O) groups is 2. The number of methoxy groups -OCH3 is 2. The van der Waals surface area contributed by atoms with Crippen LogP contribution in [0.3, 0.4) is 0 Å². The van der Waals surface area contributed by atoms with Gasteiger partial charge < -0.3 is 49.0 Å². The minimum atomic E-state index is -4.08. The first-order valence-corrected chi connectivity index (χ1v) is 27.3. The molecular weight excluding hydrogens is 922 g/mol. The summed E-state index contributed by atoms with van der Waals surface area (Å²) in [4.78, 5) is 41.8. The maximum atomic E-state index is 15.8. The van der Waals surface area contributed by atoms with Crippen LogP contribution in [0, 0.1) is 11.3 Å². The number of aliphatic hydroxyl groups excluding tert-OH is 1. The highest BCUT2D eigenvalue weighted by molar-refractivity contribution is 7.54. The molecule has 1 unspecified atom stereocenters. The zero-order valence-electron chi connectivity index (χ0n) is 42.3. The lowest BCUT2D eigenvalue weighted by molar-refractivity contribution is -0.203. The van der Waals surface area contributed by atoms with Crippen molar-refractivity contribution in [3.8, 4) is 5.75 Å². The molecule has 3 aromatic carbocycles. The average Bonchev–Trinajstić information content (AvgIpc) is 4.04. The number of amides is 1. The average molecular weight is 994 g/mol. The van der Waals surface area contributed by atoms with Crippen molar-refractivity contribution < 1.29 is 48.0 Å². The Morgan fingerprint density at radius 3 is 2.35 bits per heavy atom. The van der Waals surface area contributed by atoms with Gasteiger partial charge in [0.15, 0.2) is 5.60 Å². The van der Waals surface area contributed by atoms with Gasteiger partial charge in [-0.05, 0) is 93.7 Å². The van der Waals surface area contributed by atoms with E-state index in [1.54, 1.807) is 21.0 Å². The molecule has 1 spiro atoms. The lowest BCUT2D eigenvalue weighted by Crippen LogP contribution is -2.82. The highest BCUT2D eigenvalue weighted by Gasteiger charge is 2.79. The van der Waals surface area contributed by atoms with E-state index in [1.807, 2.05) is 92.5 Å². The number of ether oxygens (including phenoxy) is 2. The highest BCUT2D eigenvalue weighted by Crippen LogP contribution is 2.68. The number of aliphatic hydroxyl groups is 3. The van der Waals surface area contributed by atoms with Gasteiger partial charge in [-0.2, -0.15) is 0 Å². The molecule has 1 amide bonds. The van der Waals surface area contributed by atoms with Crippen molar-refractivity contribution in [1.82, 2.24) is 20.1 Å². The molecule has 3 fully saturated rings. The highest BCUT2D eigenvalue weighted by atomic mass is 31.2. The number of aromatic nitrogens is 1. The minimum Gasteiger partial charge on any atom is -0.496 e. The minimum absolute atomic E-state index is 0.0477. The topological polar surface area (TPSA) is 186 Å². The molecule has 0 radical (unpaired) electrons. The van der Waals surface area contributed by atoms with Crippen molar-refractivity contribution >= 4 is 36.1 Å². The summed E-state index contributed by atoms with van der Waals surface area (Å²) in [6, 6.07) is 20.0. The fourth-order valence-corrected chi connectivity index (χ4v) is 16.8. The molecule has 6 heterocycles. The fraction of sp³-hybridized carbons (Fsp3) is 0.564. The van der Waals surface area contributed by atoms with E-state index in [4.69, 9.17) is 18.5 Å². The molecule has 5 aliphatic heterocycles. The van der Waals surface area contributed by atoms with Gasteiger partial charge in [0.1, 0.15) is 23.1 Å². The first-order chi connectivity index (χ1) is 34.1. The molecule has 1 saturated carbocycles. The van der Waals surface area contributed by atoms with Gasteiger partial charge in [-0.3, -0.25) is 24.0 Å². The number of fused-ring (bicyclic) bond motifs is 6. The standard InChI is InChI=1S/C55H72N5O10P/c1-8-51(64)31-36-32-54(50(63)68-7,45-38(22-26-59(33-36)34-51)37-20-15-16-21-41(37)56-45)40-29-39-42(30-43(40)67-6)58(5)47-53(39)24-27-60-25-17-23-52(9-2,46(53)60)48(61)55(47,65)49(62)57-44(28-35-18-13-12-14-19-35)71(66,69-10-3)70-11-4/h12-21,23,29-30,36,44,46-48,56,61,64-65H,8-11,22,24-28,31-34H2,1-7H3,(H,57,62)/t36-,44+,46+,47-,48-,51+,52-,53-,54+,55+/m1/s1. The largest absolute Gasteiger partial charge is 0.496 e. The van der Waals surface area contributed by atoms with Gasteiger partial charge in [0, 0.05) is 90.4 Å². The lowest BCUT2D eigenvalue weighted by atomic mass is 9.47. The molecule has 6 aliphatic rings. The Morgan fingerprint density at radius 2 is 1.66 bits per heavy atom. The number of benzene rings is 3. The summed E-state index contributed by atoms with van der Waals surface area (Å²) in [5, 5.41) is 43.3. The van der Waals surface area contributed by atoms with Crippen LogP contribution in [0.5, 0.6) is 5.75 Å². The van der Waals surface area contributed by atoms with Gasteiger partial charge in [0.25, 0.3) is 5.91 Å². The molecule has 11 atom stereocenters. The lowest BCUT2D eigenvalue weighted by Gasteiger charge is -2.63. The van der Waals surface area contributed by atoms with E-state index in [2.05, 4.69) is 32.2 Å². The third-order valence-corrected chi connectivity index (χ3v) is 20.1. The summed E-state index contributed by atoms with van der Waals surface area (Å²) in [5.41, 5.74) is -1.65. The smallest absolute Gasteiger partial charge is 0.353 e. The van der Waals surface area contributed by atoms with E-state index in [1.165, 1.54) is 7.11 Å². The maximum absolute atomic E-state index is 15.8. The number of nitrogens with one attached hydrogen (secondary N) is 2. The van der Waals surface area contributed by atoms with Crippen molar-refractivity contribution in [2.75, 3.05) is 72.1 Å². The number of carbonyl (C=O) groups excluding carboxylic acids is 2. The van der Waals surface area contributed by atoms with E-state index in [9.17, 15) is 19.9 Å². The van der Waals surface area contributed by atoms with Gasteiger partial charge in [-0.15, -0.1) is 0 Å². The van der Waals surface area contributed by atoms with Crippen molar-refractivity contribution in [2.45, 2.75) is 119 Å². The molecule has 2 bridgehead atoms. The first-order valence-electron chi connectivity index (χ1n) is 25.7. The third kappa shape index (κ3) is 7.34. The molecule has 4 aromatic rings. The first kappa shape index (κ1) is 50.0. The van der Waals surface area contributed by atoms with Crippen LogP contribution in [-0.4, -0.2) is 144 Å². The van der Waals surface area contributed by atoms with Crippen LogP contribution >= 0.6 is 7.60 Å². The second-order valence-corrected chi connectivity index (χ2v) is 23.4. The fourth-order valence-electron chi connectivity index (χ4n) is 15.0. The third-order valence-electron chi connectivity index (χ3n) is 17.8. The molecule has 16 heteroatoms. The zero-order chi connectivity index (χ0) is 50.3. The molecule has 15 nitrogen and oxygen atoms in total. The van der Waals surface area contributed by atoms with Gasteiger partial charge in [0.2, 0.25) is 0 Å². The number of aromatic amines is 1. The molecule has 1 aromatic heterocycles. The molecule has 2 saturated heterocycles. The quantitative estimate of drug-likeness (QED) is 0.0547. The summed E-state index contributed by atoms with van der Waals surface area (Å²) < 4.78 is 39.1. The number of likely N-dealkylation sites (N-methyl/N-ethyl adjacent to an activating group) is 1. The predicted molar refractivity (Wildman–Crippen MR) is 272 cm³/mol. The van der Waals surface area contributed by atoms with Crippen LogP contribution in [0.15, 0.2) is 78.9 Å². The SMILES string of the molecule is CCOP(=O)(OCC)[C@@H](Cc1ccccc1)NC(=O)[C@@]1(O)[C@H](O)[C@]2(CC)C=CCN3CC[C@@]4(c5cc([C@@]6(C(=O)OC)C[C@@H]7CN(CCc8c6[nH]c6ccccc86)C[C@](O)(CC)C7)c(OC)cc5N(C)[C@@H]14)[C@@H]32. The van der Waals surface area contributed by atoms with Crippen LogP contribution < -0.4 is 15.0 Å². The van der Waals surface area contributed by atoms with E-state index >= 15 is 9.59 Å². The second-order valence-electron chi connectivity index (χ2n) is 21.2. The number of nitrogens with zero attached hydrogens (tertiary/aromatic N) is 3. The number of para-hydroxylation sites is 1. The Labute approximate surface area is 417 Å². The van der Waals surface area contributed by atoms with Gasteiger partial charge in [-0.25, -0.2) is 0 Å². The van der Waals surface area contributed by atoms with E-state index in [-0.39, 0.29) is 25.6 Å². The predicted octanol–water partition coefficient (Wildman–Crippen LogP) is 6.20. The van der Waals surface area contributed by atoms with Crippen molar-refractivity contribution in [3.05, 3.63) is 107 Å². The van der Waals surface area contributed by atoms with Crippen LogP contribution in [0.25, 0.3) is 10.9 Å². The summed E-state index contributed by atoms with van der Waals surface area (Å²) in [5.74, 6) is -2.30. The maximum Gasteiger partial charge on any atom is 0.353 e. The summed E-state index contributed by atoms with van der Waals surface area (Å²) in [6.45, 7) is 10.6. The summed E-state index contributed by atoms with van der Waals surface area (Å²) in [7, 11) is 0.792. The molecule has 1 aliphatic carbocycles. The van der Waals surface area contributed by atoms with Gasteiger partial charge in [-0.1, -0.05) is 74.5 Å². The van der Waals surface area contributed by atoms with Crippen molar-refractivity contribution in [1.29, 1.82) is 0 Å². The zero-order valence-corrected chi connectivity index (χ0v) is 43.2. The Bertz CT molecular complexity index is 2760. The van der Waals surface area contributed by atoms with E-state index in [0.717, 1.165) is 33.3 Å². The Kier molecular flexibility index (Phi) is 13.0. The van der Waals surface area contributed by atoms with Gasteiger partial charge >= 0.3 is 13.6 Å². The monoisotopic (exact) mass is 994 g/mol. The number of hydrogen-bond donors (Lipinski definition) is 5. The number of rotatable bonds is 14. The molecule has 10 rings (SSSR count). The molecule has 382 valence electrons. The number of hydrogen-bond acceptors (Lipinski definition) is 13. The molecular formula is C55H72N5O10P. The van der Waals surface area contributed by atoms with E-state index < -0.39 is 70.9 Å². The number of piperidine rings is 1. The summed E-state index contributed by atoms with van der Waals surface area (Å²) >= 11 is 0. The number of esters is 1. The van der Waals surface area contributed by atoms with Crippen LogP contribution in [0.2, 0.25) is 0 Å². The molecule has 71 heavy (non-hydrogen) atoms. The van der Waals surface area contributed by atoms with Crippen LogP contribution in [0.1, 0.15) is 87.7 Å². The van der Waals surface area contributed by atoms with Crippen LogP contribution in [-0.2, 0) is 51.6 Å². The summed E-state index contributed by atoms with van der Waals surface area (Å²) in [6.07, 6.45) is 5.31. The van der Waals surface area contributed by atoms with Crippen molar-refractivity contribution in [2.24, 2.45) is 11.3 Å². The Hall–Kier alpha value is -4.57. The van der Waals surface area contributed by atoms with E-state index in [0.29, 0.717) is 88.2 Å². The van der Waals surface area contributed by atoms with Crippen molar-refractivity contribution in [3.63, 3.8) is 0 Å².